The zero-order chi connectivity index (χ0) is 8.57. The lowest BCUT2D eigenvalue weighted by atomic mass is 10.4. The van der Waals surface area contributed by atoms with Crippen molar-refractivity contribution in [2.75, 3.05) is 7.05 Å². The molecule has 62 valence electrons. The summed E-state index contributed by atoms with van der Waals surface area (Å²) in [5, 5.41) is 1.44. The molecule has 0 aliphatic carbocycles. The van der Waals surface area contributed by atoms with E-state index < -0.39 is 0 Å². The van der Waals surface area contributed by atoms with Gasteiger partial charge in [-0.15, -0.1) is 0 Å². The smallest absolute Gasteiger partial charge is 0.0339 e. The minimum absolute atomic E-state index is 0.801. The number of nitrogens with zero attached hydrogens (tertiary/aromatic N) is 1. The molecule has 0 aromatic carbocycles. The highest BCUT2D eigenvalue weighted by Crippen LogP contribution is 1.88. The van der Waals surface area contributed by atoms with Crippen LogP contribution in [0.4, 0.5) is 0 Å². The third-order valence-electron chi connectivity index (χ3n) is 0.778. The molecule has 0 rings (SSSR count). The van der Waals surface area contributed by atoms with Crippen molar-refractivity contribution in [3.05, 3.63) is 11.9 Å². The molecule has 0 aromatic heterocycles. The van der Waals surface area contributed by atoms with Crippen molar-refractivity contribution in [1.82, 2.24) is 5.01 Å². The second-order valence-corrected chi connectivity index (χ2v) is 1.72. The Labute approximate surface area is 63.7 Å². The van der Waals surface area contributed by atoms with Gasteiger partial charge in [0.15, 0.2) is 0 Å². The van der Waals surface area contributed by atoms with Gasteiger partial charge in [0.1, 0.15) is 0 Å². The van der Waals surface area contributed by atoms with Crippen LogP contribution in [0.15, 0.2) is 11.9 Å². The molecule has 0 saturated carbocycles. The van der Waals surface area contributed by atoms with E-state index in [1.807, 2.05) is 20.8 Å². The van der Waals surface area contributed by atoms with E-state index in [1.54, 1.807) is 13.2 Å². The van der Waals surface area contributed by atoms with Gasteiger partial charge < -0.3 is 10.7 Å². The molecule has 0 heterocycles. The Morgan fingerprint density at radius 3 is 2.00 bits per heavy atom. The van der Waals surface area contributed by atoms with E-state index in [4.69, 9.17) is 11.6 Å². The molecule has 0 saturated heterocycles. The van der Waals surface area contributed by atoms with Gasteiger partial charge in [0, 0.05) is 18.9 Å². The number of nitrogens with two attached hydrogens (primary N) is 2. The van der Waals surface area contributed by atoms with Crippen LogP contribution in [0.2, 0.25) is 0 Å². The predicted octanol–water partition coefficient (Wildman–Crippen LogP) is 1.03. The minimum Gasteiger partial charge on any atom is -0.401 e. The Balaban J connectivity index is 0. The third-order valence-corrected chi connectivity index (χ3v) is 0.778. The van der Waals surface area contributed by atoms with Gasteiger partial charge in [0.25, 0.3) is 0 Å². The van der Waals surface area contributed by atoms with Gasteiger partial charge in [0.2, 0.25) is 0 Å². The number of hydrogen-bond donors (Lipinski definition) is 2. The molecule has 3 nitrogen and oxygen atoms in total. The molecule has 0 unspecified atom stereocenters. The van der Waals surface area contributed by atoms with Crippen molar-refractivity contribution in [3.8, 4) is 0 Å². The van der Waals surface area contributed by atoms with E-state index in [9.17, 15) is 0 Å². The maximum atomic E-state index is 5.41. The largest absolute Gasteiger partial charge is 0.401 e. The molecule has 0 fully saturated rings. The lowest BCUT2D eigenvalue weighted by molar-refractivity contribution is 0.478. The van der Waals surface area contributed by atoms with E-state index in [0.29, 0.717) is 0 Å². The van der Waals surface area contributed by atoms with Crippen molar-refractivity contribution < 1.29 is 0 Å². The van der Waals surface area contributed by atoms with Gasteiger partial charge in [-0.2, -0.15) is 0 Å². The quantitative estimate of drug-likeness (QED) is 0.450. The third kappa shape index (κ3) is 10.3. The molecular formula is C7H19N3. The molecule has 4 N–H and O–H groups in total. The molecule has 0 spiro atoms. The van der Waals surface area contributed by atoms with Gasteiger partial charge in [0.05, 0.1) is 0 Å². The first kappa shape index (κ1) is 12.0. The second-order valence-electron chi connectivity index (χ2n) is 1.72. The van der Waals surface area contributed by atoms with E-state index in [-0.39, 0.29) is 0 Å². The highest BCUT2D eigenvalue weighted by molar-refractivity contribution is 4.92. The maximum absolute atomic E-state index is 5.41. The van der Waals surface area contributed by atoms with Gasteiger partial charge in [-0.1, -0.05) is 20.8 Å². The number of hydrogen-bond acceptors (Lipinski definition) is 3. The van der Waals surface area contributed by atoms with Crippen molar-refractivity contribution in [2.45, 2.75) is 27.2 Å². The van der Waals surface area contributed by atoms with Crippen molar-refractivity contribution >= 4 is 0 Å². The Bertz CT molecular complexity index is 86.9. The first-order chi connectivity index (χ1) is 4.66. The minimum atomic E-state index is 0.801. The van der Waals surface area contributed by atoms with Crippen LogP contribution in [0, 0.1) is 0 Å². The molecule has 0 atom stereocenters. The zero-order valence-electron chi connectivity index (χ0n) is 7.39. The maximum Gasteiger partial charge on any atom is 0.0339 e. The van der Waals surface area contributed by atoms with Gasteiger partial charge in [-0.05, 0) is 6.42 Å². The van der Waals surface area contributed by atoms with Crippen molar-refractivity contribution in [2.24, 2.45) is 11.6 Å². The molecule has 0 aliphatic heterocycles. The Hall–Kier alpha value is -0.700. The van der Waals surface area contributed by atoms with Gasteiger partial charge in [-0.3, -0.25) is 0 Å². The first-order valence-electron chi connectivity index (χ1n) is 3.60. The van der Waals surface area contributed by atoms with E-state index in [2.05, 4.69) is 0 Å². The Kier molecular flexibility index (Phi) is 9.98. The summed E-state index contributed by atoms with van der Waals surface area (Å²) in [6.07, 6.45) is 2.54. The summed E-state index contributed by atoms with van der Waals surface area (Å²) in [4.78, 5) is 0. The molecule has 10 heavy (non-hydrogen) atoms. The van der Waals surface area contributed by atoms with Crippen molar-refractivity contribution in [1.29, 1.82) is 0 Å². The van der Waals surface area contributed by atoms with Gasteiger partial charge >= 0.3 is 0 Å². The average molecular weight is 145 g/mol. The summed E-state index contributed by atoms with van der Waals surface area (Å²) < 4.78 is 0. The monoisotopic (exact) mass is 145 g/mol. The van der Waals surface area contributed by atoms with E-state index in [0.717, 1.165) is 12.1 Å². The Morgan fingerprint density at radius 1 is 1.50 bits per heavy atom. The molecule has 3 heteroatoms. The first-order valence-corrected chi connectivity index (χ1v) is 3.60. The normalized spacial score (nSPS) is 9.90. The highest BCUT2D eigenvalue weighted by Gasteiger charge is 1.82. The van der Waals surface area contributed by atoms with Gasteiger partial charge in [-0.25, -0.2) is 5.84 Å². The summed E-state index contributed by atoms with van der Waals surface area (Å²) in [6, 6.07) is 0. The van der Waals surface area contributed by atoms with Crippen LogP contribution in [0.5, 0.6) is 0 Å². The number of hydrazine groups is 1. The number of rotatable bonds is 2. The Morgan fingerprint density at radius 2 is 1.90 bits per heavy atom. The molecule has 0 aliphatic rings. The number of allylic oxidation sites excluding steroid dienone is 1. The molecular weight excluding hydrogens is 126 g/mol. The fourth-order valence-electron chi connectivity index (χ4n) is 0.353. The zero-order valence-corrected chi connectivity index (χ0v) is 7.39. The van der Waals surface area contributed by atoms with E-state index in [1.165, 1.54) is 5.01 Å². The topological polar surface area (TPSA) is 55.3 Å². The van der Waals surface area contributed by atoms with Crippen LogP contribution >= 0.6 is 0 Å². The lowest BCUT2D eigenvalue weighted by Crippen LogP contribution is -2.20. The summed E-state index contributed by atoms with van der Waals surface area (Å²) in [5.74, 6) is 5.25. The van der Waals surface area contributed by atoms with Crippen LogP contribution in [-0.4, -0.2) is 12.1 Å². The van der Waals surface area contributed by atoms with Crippen molar-refractivity contribution in [3.63, 3.8) is 0 Å². The SMILES string of the molecule is CC.CC/C(N)=C/N(C)N. The molecule has 0 aromatic rings. The summed E-state index contributed by atoms with van der Waals surface area (Å²) in [5.41, 5.74) is 6.21. The fraction of sp³-hybridized carbons (Fsp3) is 0.714. The van der Waals surface area contributed by atoms with Crippen LogP contribution in [-0.2, 0) is 0 Å². The van der Waals surface area contributed by atoms with Crippen LogP contribution < -0.4 is 11.6 Å². The lowest BCUT2D eigenvalue weighted by Gasteiger charge is -2.04. The predicted molar refractivity (Wildman–Crippen MR) is 45.9 cm³/mol. The van der Waals surface area contributed by atoms with Crippen LogP contribution in [0.3, 0.4) is 0 Å². The fourth-order valence-corrected chi connectivity index (χ4v) is 0.353. The average Bonchev–Trinajstić information content (AvgIpc) is 1.91. The summed E-state index contributed by atoms with van der Waals surface area (Å²) >= 11 is 0. The van der Waals surface area contributed by atoms with Crippen LogP contribution in [0.25, 0.3) is 0 Å². The molecule has 0 radical (unpaired) electrons. The van der Waals surface area contributed by atoms with Crippen LogP contribution in [0.1, 0.15) is 27.2 Å². The highest BCUT2D eigenvalue weighted by atomic mass is 15.4. The molecule has 0 amide bonds. The van der Waals surface area contributed by atoms with E-state index >= 15 is 0 Å². The summed E-state index contributed by atoms with van der Waals surface area (Å²) in [7, 11) is 1.74. The second kappa shape index (κ2) is 8.30. The standard InChI is InChI=1S/C5H13N3.C2H6/c1-3-5(6)4-8(2)7;1-2/h4H,3,6-7H2,1-2H3;1-2H3/b5-4-;. The summed E-state index contributed by atoms with van der Waals surface area (Å²) in [6.45, 7) is 5.98. The molecule has 0 bridgehead atoms.